The fourth-order valence-corrected chi connectivity index (χ4v) is 5.13. The average Bonchev–Trinajstić information content (AvgIpc) is 2.90. The molecule has 9 heteroatoms. The van der Waals surface area contributed by atoms with Gasteiger partial charge in [0.15, 0.2) is 0 Å². The SMILES string of the molecule is CC(=O)Nc1cccc(Oc2cccc(NC3CCN(CCCN4CCNCC4)c4nc(C)ncc43)c2)c1. The Morgan fingerprint density at radius 1 is 1.05 bits per heavy atom. The van der Waals surface area contributed by atoms with E-state index in [0.29, 0.717) is 11.4 Å². The van der Waals surface area contributed by atoms with Crippen LogP contribution >= 0.6 is 0 Å². The molecule has 5 rings (SSSR count). The number of carbonyl (C=O) groups is 1. The molecule has 1 saturated heterocycles. The van der Waals surface area contributed by atoms with Crippen LogP contribution < -0.4 is 25.6 Å². The molecule has 1 aromatic heterocycles. The van der Waals surface area contributed by atoms with Gasteiger partial charge in [-0.15, -0.1) is 0 Å². The molecular formula is C29H37N7O2. The maximum Gasteiger partial charge on any atom is 0.221 e. The molecule has 1 fully saturated rings. The Hall–Kier alpha value is -3.69. The third-order valence-corrected chi connectivity index (χ3v) is 6.96. The summed E-state index contributed by atoms with van der Waals surface area (Å²) in [5.74, 6) is 3.12. The highest BCUT2D eigenvalue weighted by Gasteiger charge is 2.27. The zero-order chi connectivity index (χ0) is 26.3. The predicted octanol–water partition coefficient (Wildman–Crippen LogP) is 4.19. The number of aryl methyl sites for hydroxylation is 1. The second-order valence-electron chi connectivity index (χ2n) is 9.95. The number of ether oxygens (including phenoxy) is 1. The number of nitrogens with one attached hydrogen (secondary N) is 3. The number of anilines is 3. The standard InChI is InChI=1S/C29H37N7O2/c1-21-31-20-27-28(10-15-36(29(27)32-21)14-5-13-35-16-11-30-12-17-35)34-24-7-4-9-26(19-24)38-25-8-3-6-23(18-25)33-22(2)37/h3-4,6-9,18-20,28,30,34H,5,10-17H2,1-2H3,(H,33,37). The minimum atomic E-state index is -0.113. The van der Waals surface area contributed by atoms with Gasteiger partial charge in [-0.1, -0.05) is 12.1 Å². The first kappa shape index (κ1) is 25.9. The molecule has 38 heavy (non-hydrogen) atoms. The van der Waals surface area contributed by atoms with Gasteiger partial charge in [-0.3, -0.25) is 4.79 Å². The van der Waals surface area contributed by atoms with E-state index in [2.05, 4.69) is 36.8 Å². The molecular weight excluding hydrogens is 478 g/mol. The van der Waals surface area contributed by atoms with Crippen molar-refractivity contribution >= 4 is 23.1 Å². The summed E-state index contributed by atoms with van der Waals surface area (Å²) in [7, 11) is 0. The van der Waals surface area contributed by atoms with E-state index >= 15 is 0 Å². The van der Waals surface area contributed by atoms with E-state index in [1.54, 1.807) is 0 Å². The van der Waals surface area contributed by atoms with Gasteiger partial charge >= 0.3 is 0 Å². The van der Waals surface area contributed by atoms with Gasteiger partial charge in [-0.05, 0) is 50.6 Å². The van der Waals surface area contributed by atoms with Crippen molar-refractivity contribution in [2.45, 2.75) is 32.7 Å². The molecule has 3 aromatic rings. The van der Waals surface area contributed by atoms with Crippen LogP contribution in [0.1, 0.15) is 37.2 Å². The summed E-state index contributed by atoms with van der Waals surface area (Å²) in [6.45, 7) is 11.0. The number of rotatable bonds is 9. The lowest BCUT2D eigenvalue weighted by Crippen LogP contribution is -2.44. The highest BCUT2D eigenvalue weighted by Crippen LogP contribution is 2.35. The zero-order valence-corrected chi connectivity index (χ0v) is 22.2. The van der Waals surface area contributed by atoms with Crippen molar-refractivity contribution in [1.29, 1.82) is 0 Å². The van der Waals surface area contributed by atoms with Crippen molar-refractivity contribution in [3.63, 3.8) is 0 Å². The fourth-order valence-electron chi connectivity index (χ4n) is 5.13. The van der Waals surface area contributed by atoms with Crippen LogP contribution in [-0.2, 0) is 4.79 Å². The molecule has 9 nitrogen and oxygen atoms in total. The number of amides is 1. The van der Waals surface area contributed by atoms with Crippen molar-refractivity contribution in [1.82, 2.24) is 20.2 Å². The molecule has 2 aliphatic heterocycles. The van der Waals surface area contributed by atoms with E-state index in [9.17, 15) is 4.79 Å². The van der Waals surface area contributed by atoms with E-state index in [4.69, 9.17) is 9.72 Å². The van der Waals surface area contributed by atoms with E-state index in [1.807, 2.05) is 55.6 Å². The smallest absolute Gasteiger partial charge is 0.221 e. The van der Waals surface area contributed by atoms with Crippen LogP contribution in [0.3, 0.4) is 0 Å². The van der Waals surface area contributed by atoms with Gasteiger partial charge in [-0.2, -0.15) is 0 Å². The molecule has 1 amide bonds. The highest BCUT2D eigenvalue weighted by molar-refractivity contribution is 5.88. The van der Waals surface area contributed by atoms with Gasteiger partial charge in [-0.25, -0.2) is 9.97 Å². The van der Waals surface area contributed by atoms with Gasteiger partial charge in [0.25, 0.3) is 0 Å². The van der Waals surface area contributed by atoms with Crippen molar-refractivity contribution in [2.75, 3.05) is 61.3 Å². The van der Waals surface area contributed by atoms with E-state index < -0.39 is 0 Å². The largest absolute Gasteiger partial charge is 0.457 e. The molecule has 0 radical (unpaired) electrons. The maximum atomic E-state index is 11.4. The molecule has 0 saturated carbocycles. The Balaban J connectivity index is 1.24. The van der Waals surface area contributed by atoms with Crippen molar-refractivity contribution in [3.05, 3.63) is 66.1 Å². The first-order valence-corrected chi connectivity index (χ1v) is 13.5. The summed E-state index contributed by atoms with van der Waals surface area (Å²) in [6.07, 6.45) is 4.08. The van der Waals surface area contributed by atoms with Crippen LogP contribution in [0.4, 0.5) is 17.2 Å². The minimum absolute atomic E-state index is 0.113. The number of hydrogen-bond donors (Lipinski definition) is 3. The first-order valence-electron chi connectivity index (χ1n) is 13.5. The van der Waals surface area contributed by atoms with E-state index in [0.717, 1.165) is 87.3 Å². The molecule has 3 N–H and O–H groups in total. The second kappa shape index (κ2) is 12.2. The Morgan fingerprint density at radius 2 is 1.79 bits per heavy atom. The lowest BCUT2D eigenvalue weighted by Gasteiger charge is -2.36. The number of fused-ring (bicyclic) bond motifs is 1. The Bertz CT molecular complexity index is 1250. The van der Waals surface area contributed by atoms with Gasteiger partial charge in [0.1, 0.15) is 23.1 Å². The third kappa shape index (κ3) is 6.79. The molecule has 0 spiro atoms. The zero-order valence-electron chi connectivity index (χ0n) is 22.2. The number of nitrogens with zero attached hydrogens (tertiary/aromatic N) is 4. The monoisotopic (exact) mass is 515 g/mol. The third-order valence-electron chi connectivity index (χ3n) is 6.96. The van der Waals surface area contributed by atoms with Crippen molar-refractivity contribution in [3.8, 4) is 11.5 Å². The molecule has 0 aliphatic carbocycles. The summed E-state index contributed by atoms with van der Waals surface area (Å²) in [5.41, 5.74) is 2.82. The number of benzene rings is 2. The van der Waals surface area contributed by atoms with Crippen LogP contribution in [-0.4, -0.2) is 66.6 Å². The van der Waals surface area contributed by atoms with Crippen LogP contribution in [0.25, 0.3) is 0 Å². The summed E-state index contributed by atoms with van der Waals surface area (Å²) < 4.78 is 6.09. The number of carbonyl (C=O) groups excluding carboxylic acids is 1. The average molecular weight is 516 g/mol. The lowest BCUT2D eigenvalue weighted by atomic mass is 10.00. The second-order valence-corrected chi connectivity index (χ2v) is 9.95. The fraction of sp³-hybridized carbons (Fsp3) is 0.414. The summed E-state index contributed by atoms with van der Waals surface area (Å²) in [4.78, 5) is 25.7. The molecule has 3 heterocycles. The normalized spacial score (nSPS) is 17.5. The number of hydrogen-bond acceptors (Lipinski definition) is 8. The topological polar surface area (TPSA) is 94.7 Å². The van der Waals surface area contributed by atoms with Crippen LogP contribution in [0, 0.1) is 6.92 Å². The van der Waals surface area contributed by atoms with Crippen LogP contribution in [0.2, 0.25) is 0 Å². The summed E-state index contributed by atoms with van der Waals surface area (Å²) >= 11 is 0. The quantitative estimate of drug-likeness (QED) is 0.391. The Kier molecular flexibility index (Phi) is 8.35. The van der Waals surface area contributed by atoms with Gasteiger partial charge in [0.2, 0.25) is 5.91 Å². The Labute approximate surface area is 224 Å². The Morgan fingerprint density at radius 3 is 2.55 bits per heavy atom. The highest BCUT2D eigenvalue weighted by atomic mass is 16.5. The molecule has 0 bridgehead atoms. The lowest BCUT2D eigenvalue weighted by molar-refractivity contribution is -0.114. The summed E-state index contributed by atoms with van der Waals surface area (Å²) in [5, 5.41) is 9.90. The summed E-state index contributed by atoms with van der Waals surface area (Å²) in [6, 6.07) is 15.5. The van der Waals surface area contributed by atoms with Crippen molar-refractivity contribution in [2.24, 2.45) is 0 Å². The van der Waals surface area contributed by atoms with Gasteiger partial charge in [0.05, 0.1) is 6.04 Å². The number of piperazine rings is 1. The molecule has 2 aromatic carbocycles. The van der Waals surface area contributed by atoms with E-state index in [1.165, 1.54) is 6.92 Å². The van der Waals surface area contributed by atoms with Gasteiger partial charge < -0.3 is 30.5 Å². The van der Waals surface area contributed by atoms with Crippen molar-refractivity contribution < 1.29 is 9.53 Å². The van der Waals surface area contributed by atoms with Gasteiger partial charge in [0, 0.05) is 81.5 Å². The molecule has 1 atom stereocenters. The van der Waals surface area contributed by atoms with Crippen LogP contribution in [0.5, 0.6) is 11.5 Å². The molecule has 200 valence electrons. The molecule has 1 unspecified atom stereocenters. The van der Waals surface area contributed by atoms with Crippen LogP contribution in [0.15, 0.2) is 54.7 Å². The molecule has 2 aliphatic rings. The maximum absolute atomic E-state index is 11.4. The predicted molar refractivity (Wildman–Crippen MR) is 151 cm³/mol. The van der Waals surface area contributed by atoms with E-state index in [-0.39, 0.29) is 11.9 Å². The minimum Gasteiger partial charge on any atom is -0.457 e. The number of aromatic nitrogens is 2. The first-order chi connectivity index (χ1) is 18.5.